The third kappa shape index (κ3) is 3.48. The molecule has 1 saturated heterocycles. The summed E-state index contributed by atoms with van der Waals surface area (Å²) < 4.78 is 5.55. The van der Waals surface area contributed by atoms with Gasteiger partial charge in [0.05, 0.1) is 17.5 Å². The van der Waals surface area contributed by atoms with Crippen molar-refractivity contribution in [2.24, 2.45) is 11.8 Å². The maximum atomic E-state index is 13.9. The number of imide groups is 1. The van der Waals surface area contributed by atoms with Crippen molar-refractivity contribution in [3.63, 3.8) is 0 Å². The van der Waals surface area contributed by atoms with Crippen molar-refractivity contribution in [2.45, 2.75) is 50.9 Å². The smallest absolute Gasteiger partial charge is 0.311 e. The number of carbonyl (C=O) groups is 3. The standard InChI is InChI=1S/C31H29NO4/c1-2-3-4-5-17-25(33)36-20-12-10-11-19(18-20)32-30(34)28-26-21-13-6-7-14-22(21)27(29(28)31(32)35)24-16-9-8-15-23(24)26/h6-16,18,26-29H,2-5,17H2,1H3/t26?,27?,28-,29-/m1/s1. The SMILES string of the molecule is CCCCCCC(=O)Oc1cccc(N2C(=O)[C@@H]3C4c5ccccc5C(c5ccccc54)[C@H]3C2=O)c1. The minimum atomic E-state index is -0.433. The van der Waals surface area contributed by atoms with Crippen molar-refractivity contribution in [1.29, 1.82) is 0 Å². The molecule has 2 amide bonds. The monoisotopic (exact) mass is 479 g/mol. The zero-order chi connectivity index (χ0) is 24.8. The molecule has 1 aliphatic heterocycles. The Balaban J connectivity index is 1.31. The summed E-state index contributed by atoms with van der Waals surface area (Å²) in [5.41, 5.74) is 5.06. The van der Waals surface area contributed by atoms with Gasteiger partial charge in [0.1, 0.15) is 5.75 Å². The van der Waals surface area contributed by atoms with Crippen LogP contribution in [0.5, 0.6) is 5.75 Å². The molecule has 5 heteroatoms. The van der Waals surface area contributed by atoms with Gasteiger partial charge in [-0.05, 0) is 40.8 Å². The van der Waals surface area contributed by atoms with Gasteiger partial charge in [-0.3, -0.25) is 14.4 Å². The van der Waals surface area contributed by atoms with Crippen LogP contribution in [0.3, 0.4) is 0 Å². The molecule has 36 heavy (non-hydrogen) atoms. The van der Waals surface area contributed by atoms with Crippen LogP contribution in [0.25, 0.3) is 0 Å². The van der Waals surface area contributed by atoms with Crippen LogP contribution >= 0.6 is 0 Å². The number of esters is 1. The molecule has 1 fully saturated rings. The van der Waals surface area contributed by atoms with Crippen LogP contribution in [0.2, 0.25) is 0 Å². The van der Waals surface area contributed by atoms with Crippen molar-refractivity contribution < 1.29 is 19.1 Å². The topological polar surface area (TPSA) is 63.7 Å². The van der Waals surface area contributed by atoms with Crippen molar-refractivity contribution >= 4 is 23.5 Å². The van der Waals surface area contributed by atoms with Gasteiger partial charge in [-0.25, -0.2) is 4.90 Å². The number of ether oxygens (including phenoxy) is 1. The first-order valence-corrected chi connectivity index (χ1v) is 13.0. The summed E-state index contributed by atoms with van der Waals surface area (Å²) >= 11 is 0. The van der Waals surface area contributed by atoms with Crippen LogP contribution in [0.15, 0.2) is 72.8 Å². The molecule has 1 heterocycles. The number of amides is 2. The minimum Gasteiger partial charge on any atom is -0.426 e. The Morgan fingerprint density at radius 1 is 0.750 bits per heavy atom. The highest BCUT2D eigenvalue weighted by atomic mass is 16.5. The Hall–Kier alpha value is -3.73. The van der Waals surface area contributed by atoms with Gasteiger partial charge in [0, 0.05) is 24.3 Å². The van der Waals surface area contributed by atoms with Crippen molar-refractivity contribution in [3.8, 4) is 5.75 Å². The fourth-order valence-corrected chi connectivity index (χ4v) is 6.50. The molecule has 2 atom stereocenters. The summed E-state index contributed by atoms with van der Waals surface area (Å²) in [6, 6.07) is 23.2. The minimum absolute atomic E-state index is 0.141. The molecule has 3 aromatic rings. The van der Waals surface area contributed by atoms with Crippen LogP contribution in [0.1, 0.15) is 73.1 Å². The second-order valence-electron chi connectivity index (χ2n) is 10.1. The van der Waals surface area contributed by atoms with E-state index in [0.29, 0.717) is 17.9 Å². The second kappa shape index (κ2) is 9.05. The lowest BCUT2D eigenvalue weighted by atomic mass is 9.55. The number of nitrogens with zero attached hydrogens (tertiary/aromatic N) is 1. The predicted octanol–water partition coefficient (Wildman–Crippen LogP) is 5.96. The fraction of sp³-hybridized carbons (Fsp3) is 0.323. The molecule has 4 aliphatic rings. The van der Waals surface area contributed by atoms with Gasteiger partial charge in [-0.1, -0.05) is 80.8 Å². The summed E-state index contributed by atoms with van der Waals surface area (Å²) in [5, 5.41) is 0. The molecule has 0 saturated carbocycles. The summed E-state index contributed by atoms with van der Waals surface area (Å²) in [6.07, 6.45) is 4.35. The Bertz CT molecular complexity index is 1250. The summed E-state index contributed by atoms with van der Waals surface area (Å²) in [6.45, 7) is 2.13. The first-order chi connectivity index (χ1) is 17.6. The Morgan fingerprint density at radius 2 is 1.31 bits per heavy atom. The lowest BCUT2D eigenvalue weighted by Crippen LogP contribution is -2.41. The zero-order valence-electron chi connectivity index (χ0n) is 20.4. The summed E-state index contributed by atoms with van der Waals surface area (Å²) in [5.74, 6) is -1.43. The molecule has 5 nitrogen and oxygen atoms in total. The first-order valence-electron chi connectivity index (χ1n) is 13.0. The Morgan fingerprint density at radius 3 is 1.83 bits per heavy atom. The average Bonchev–Trinajstić information content (AvgIpc) is 3.17. The number of hydrogen-bond donors (Lipinski definition) is 0. The normalized spacial score (nSPS) is 23.3. The maximum Gasteiger partial charge on any atom is 0.311 e. The molecule has 0 radical (unpaired) electrons. The van der Waals surface area contributed by atoms with E-state index >= 15 is 0 Å². The summed E-state index contributed by atoms with van der Waals surface area (Å²) in [4.78, 5) is 41.4. The molecule has 2 bridgehead atoms. The van der Waals surface area contributed by atoms with E-state index in [2.05, 4.69) is 31.2 Å². The van der Waals surface area contributed by atoms with Gasteiger partial charge >= 0.3 is 5.97 Å². The quantitative estimate of drug-likeness (QED) is 0.182. The highest BCUT2D eigenvalue weighted by Gasteiger charge is 2.61. The van der Waals surface area contributed by atoms with E-state index in [1.165, 1.54) is 4.90 Å². The molecule has 182 valence electrons. The van der Waals surface area contributed by atoms with E-state index in [-0.39, 0.29) is 29.6 Å². The van der Waals surface area contributed by atoms with Crippen LogP contribution < -0.4 is 9.64 Å². The second-order valence-corrected chi connectivity index (χ2v) is 10.1. The Labute approximate surface area is 211 Å². The third-order valence-corrected chi connectivity index (χ3v) is 7.99. The number of carbonyl (C=O) groups excluding carboxylic acids is 3. The van der Waals surface area contributed by atoms with E-state index < -0.39 is 11.8 Å². The highest BCUT2D eigenvalue weighted by Crippen LogP contribution is 2.61. The van der Waals surface area contributed by atoms with Crippen molar-refractivity contribution in [2.75, 3.05) is 4.90 Å². The number of benzene rings is 3. The molecule has 3 aromatic carbocycles. The largest absolute Gasteiger partial charge is 0.426 e. The number of anilines is 1. The lowest BCUT2D eigenvalue weighted by Gasteiger charge is -2.45. The number of hydrogen-bond acceptors (Lipinski definition) is 4. The molecule has 0 N–H and O–H groups in total. The van der Waals surface area contributed by atoms with Gasteiger partial charge in [-0.15, -0.1) is 0 Å². The first kappa shape index (κ1) is 22.7. The van der Waals surface area contributed by atoms with E-state index in [1.807, 2.05) is 24.3 Å². The van der Waals surface area contributed by atoms with E-state index in [9.17, 15) is 14.4 Å². The number of rotatable bonds is 7. The molecular weight excluding hydrogens is 450 g/mol. The summed E-state index contributed by atoms with van der Waals surface area (Å²) in [7, 11) is 0. The van der Waals surface area contributed by atoms with Gasteiger partial charge in [-0.2, -0.15) is 0 Å². The Kier molecular flexibility index (Phi) is 5.71. The fourth-order valence-electron chi connectivity index (χ4n) is 6.50. The highest BCUT2D eigenvalue weighted by molar-refractivity contribution is 6.23. The van der Waals surface area contributed by atoms with Crippen LogP contribution in [-0.4, -0.2) is 17.8 Å². The van der Waals surface area contributed by atoms with E-state index in [4.69, 9.17) is 4.74 Å². The molecule has 3 aliphatic carbocycles. The van der Waals surface area contributed by atoms with Crippen molar-refractivity contribution in [3.05, 3.63) is 95.1 Å². The molecule has 0 unspecified atom stereocenters. The van der Waals surface area contributed by atoms with Crippen LogP contribution in [-0.2, 0) is 14.4 Å². The van der Waals surface area contributed by atoms with Crippen molar-refractivity contribution in [1.82, 2.24) is 0 Å². The van der Waals surface area contributed by atoms with Gasteiger partial charge < -0.3 is 4.74 Å². The molecule has 0 aromatic heterocycles. The predicted molar refractivity (Wildman–Crippen MR) is 137 cm³/mol. The third-order valence-electron chi connectivity index (χ3n) is 7.99. The van der Waals surface area contributed by atoms with Gasteiger partial charge in [0.2, 0.25) is 11.8 Å². The van der Waals surface area contributed by atoms with Crippen LogP contribution in [0, 0.1) is 11.8 Å². The van der Waals surface area contributed by atoms with Gasteiger partial charge in [0.15, 0.2) is 0 Å². The van der Waals surface area contributed by atoms with Crippen LogP contribution in [0.4, 0.5) is 5.69 Å². The lowest BCUT2D eigenvalue weighted by molar-refractivity contribution is -0.134. The molecule has 0 spiro atoms. The van der Waals surface area contributed by atoms with Gasteiger partial charge in [0.25, 0.3) is 0 Å². The molecular formula is C31H29NO4. The number of unbranched alkanes of at least 4 members (excludes halogenated alkanes) is 3. The average molecular weight is 480 g/mol. The van der Waals surface area contributed by atoms with E-state index in [0.717, 1.165) is 47.9 Å². The zero-order valence-corrected chi connectivity index (χ0v) is 20.4. The maximum absolute atomic E-state index is 13.9. The molecule has 7 rings (SSSR count). The van der Waals surface area contributed by atoms with E-state index in [1.54, 1.807) is 24.3 Å².